The van der Waals surface area contributed by atoms with E-state index in [0.29, 0.717) is 43.2 Å². The molecule has 3 fully saturated rings. The minimum Gasteiger partial charge on any atom is -0.497 e. The van der Waals surface area contributed by atoms with Crippen LogP contribution in [0.3, 0.4) is 0 Å². The van der Waals surface area contributed by atoms with E-state index in [1.54, 1.807) is 36.2 Å². The number of carbonyl (C=O) groups is 4. The highest BCUT2D eigenvalue weighted by Crippen LogP contribution is 2.55. The van der Waals surface area contributed by atoms with Crippen LogP contribution in [0.15, 0.2) is 53.4 Å². The molecule has 2 aromatic rings. The fraction of sp³-hybridized carbons (Fsp3) is 0.448. The number of hydrogen-bond acceptors (Lipinski definition) is 7. The quantitative estimate of drug-likeness (QED) is 0.488. The second kappa shape index (κ2) is 10.9. The molecule has 2 heterocycles. The molecule has 1 aliphatic carbocycles. The molecule has 0 bridgehead atoms. The van der Waals surface area contributed by atoms with Gasteiger partial charge in [0.1, 0.15) is 16.2 Å². The van der Waals surface area contributed by atoms with Gasteiger partial charge >= 0.3 is 0 Å². The van der Waals surface area contributed by atoms with Gasteiger partial charge in [0.25, 0.3) is 0 Å². The van der Waals surface area contributed by atoms with Crippen molar-refractivity contribution >= 4 is 35.4 Å². The van der Waals surface area contributed by atoms with E-state index in [2.05, 4.69) is 0 Å². The average molecular weight is 552 g/mol. The summed E-state index contributed by atoms with van der Waals surface area (Å²) >= 11 is 1.32. The Bertz CT molecular complexity index is 1250. The van der Waals surface area contributed by atoms with Gasteiger partial charge in [-0.1, -0.05) is 12.1 Å². The van der Waals surface area contributed by atoms with Crippen molar-refractivity contribution in [2.45, 2.75) is 41.9 Å². The highest BCUT2D eigenvalue weighted by atomic mass is 32.2. The number of benzene rings is 2. The van der Waals surface area contributed by atoms with Crippen LogP contribution in [0.25, 0.3) is 0 Å². The summed E-state index contributed by atoms with van der Waals surface area (Å²) in [6.07, 6.45) is 1.39. The summed E-state index contributed by atoms with van der Waals surface area (Å²) in [6, 6.07) is 13.8. The Morgan fingerprint density at radius 3 is 1.90 bits per heavy atom. The van der Waals surface area contributed by atoms with Crippen LogP contribution in [-0.2, 0) is 19.2 Å². The molecule has 0 aromatic heterocycles. The van der Waals surface area contributed by atoms with E-state index in [0.717, 1.165) is 17.7 Å². The van der Waals surface area contributed by atoms with E-state index >= 15 is 0 Å². The van der Waals surface area contributed by atoms with Crippen molar-refractivity contribution in [3.05, 3.63) is 54.1 Å². The van der Waals surface area contributed by atoms with Crippen molar-refractivity contribution in [2.24, 2.45) is 5.92 Å². The standard InChI is InChI=1S/C29H33N3O6S/c1-19(33)30-14-16-31(17-15-30)28(36)29(39-24-12-10-23(38-3)11-13-24)18-25(34)32(27(35)21-4-5-21)26(29)20-6-8-22(37-2)9-7-20/h6-13,21,26H,4-5,14-18H2,1-3H3/t26-,29-/m1/s1. The fourth-order valence-corrected chi connectivity index (χ4v) is 6.87. The lowest BCUT2D eigenvalue weighted by atomic mass is 9.90. The van der Waals surface area contributed by atoms with Crippen molar-refractivity contribution in [1.29, 1.82) is 0 Å². The number of nitrogens with zero attached hydrogens (tertiary/aromatic N) is 3. The molecule has 5 rings (SSSR count). The molecule has 0 N–H and O–H groups in total. The molecular formula is C29H33N3O6S. The first-order chi connectivity index (χ1) is 18.8. The Labute approximate surface area is 232 Å². The summed E-state index contributed by atoms with van der Waals surface area (Å²) in [6.45, 7) is 3.11. The van der Waals surface area contributed by atoms with Crippen LogP contribution in [0.1, 0.15) is 37.8 Å². The van der Waals surface area contributed by atoms with Gasteiger partial charge in [0.2, 0.25) is 23.6 Å². The van der Waals surface area contributed by atoms with Crippen LogP contribution in [0, 0.1) is 5.92 Å². The third kappa shape index (κ3) is 5.22. The lowest BCUT2D eigenvalue weighted by Gasteiger charge is -2.42. The molecule has 3 aliphatic rings. The monoisotopic (exact) mass is 551 g/mol. The fourth-order valence-electron chi connectivity index (χ4n) is 5.41. The van der Waals surface area contributed by atoms with Crippen LogP contribution in [-0.4, -0.2) is 83.5 Å². The molecular weight excluding hydrogens is 518 g/mol. The van der Waals surface area contributed by atoms with E-state index < -0.39 is 10.8 Å². The molecule has 2 aromatic carbocycles. The van der Waals surface area contributed by atoms with Crippen LogP contribution in [0.4, 0.5) is 0 Å². The lowest BCUT2D eigenvalue weighted by Crippen LogP contribution is -2.57. The van der Waals surface area contributed by atoms with Crippen molar-refractivity contribution in [3.8, 4) is 11.5 Å². The molecule has 1 saturated carbocycles. The largest absolute Gasteiger partial charge is 0.497 e. The number of methoxy groups -OCH3 is 2. The first-order valence-corrected chi connectivity index (χ1v) is 14.0. The molecule has 0 unspecified atom stereocenters. The predicted octanol–water partition coefficient (Wildman–Crippen LogP) is 3.14. The highest BCUT2D eigenvalue weighted by Gasteiger charge is 2.62. The molecule has 0 radical (unpaired) electrons. The number of thioether (sulfide) groups is 1. The maximum atomic E-state index is 14.6. The van der Waals surface area contributed by atoms with Crippen LogP contribution < -0.4 is 9.47 Å². The number of hydrogen-bond donors (Lipinski definition) is 0. The molecule has 4 amide bonds. The molecule has 2 aliphatic heterocycles. The molecule has 0 spiro atoms. The topological polar surface area (TPSA) is 96.5 Å². The van der Waals surface area contributed by atoms with E-state index in [4.69, 9.17) is 9.47 Å². The van der Waals surface area contributed by atoms with Crippen LogP contribution in [0.5, 0.6) is 11.5 Å². The minimum atomic E-state index is -1.29. The number of carbonyl (C=O) groups excluding carboxylic acids is 4. The van der Waals surface area contributed by atoms with Gasteiger partial charge in [0.05, 0.1) is 26.7 Å². The van der Waals surface area contributed by atoms with Gasteiger partial charge in [-0.3, -0.25) is 24.1 Å². The first kappa shape index (κ1) is 27.1. The number of rotatable bonds is 7. The van der Waals surface area contributed by atoms with Gasteiger partial charge in [-0.15, -0.1) is 11.8 Å². The van der Waals surface area contributed by atoms with Crippen molar-refractivity contribution in [2.75, 3.05) is 40.4 Å². The van der Waals surface area contributed by atoms with Gasteiger partial charge in [-0.05, 0) is 54.8 Å². The molecule has 9 nitrogen and oxygen atoms in total. The van der Waals surface area contributed by atoms with E-state index in [-0.39, 0.29) is 36.0 Å². The SMILES string of the molecule is COc1ccc(S[C@]2(C(=O)N3CCN(C(C)=O)CC3)CC(=O)N(C(=O)C3CC3)[C@@H]2c2ccc(OC)cc2)cc1. The maximum Gasteiger partial charge on any atom is 0.242 e. The van der Waals surface area contributed by atoms with E-state index in [9.17, 15) is 19.2 Å². The zero-order valence-corrected chi connectivity index (χ0v) is 23.2. The van der Waals surface area contributed by atoms with Gasteiger partial charge in [0, 0.05) is 43.9 Å². The zero-order valence-electron chi connectivity index (χ0n) is 22.4. The highest BCUT2D eigenvalue weighted by molar-refractivity contribution is 8.01. The first-order valence-electron chi connectivity index (χ1n) is 13.1. The summed E-state index contributed by atoms with van der Waals surface area (Å²) in [5, 5.41) is 0. The minimum absolute atomic E-state index is 0.0298. The van der Waals surface area contributed by atoms with Crippen LogP contribution >= 0.6 is 11.8 Å². The summed E-state index contributed by atoms with van der Waals surface area (Å²) in [5.74, 6) is 0.343. The smallest absolute Gasteiger partial charge is 0.242 e. The number of ether oxygens (including phenoxy) is 2. The normalized spacial score (nSPS) is 23.1. The number of amides is 4. The second-order valence-corrected chi connectivity index (χ2v) is 11.6. The molecule has 2 atom stereocenters. The summed E-state index contributed by atoms with van der Waals surface area (Å²) in [7, 11) is 3.16. The summed E-state index contributed by atoms with van der Waals surface area (Å²) in [5.41, 5.74) is 0.701. The van der Waals surface area contributed by atoms with Crippen molar-refractivity contribution in [1.82, 2.24) is 14.7 Å². The Kier molecular flexibility index (Phi) is 7.57. The lowest BCUT2D eigenvalue weighted by molar-refractivity contribution is -0.145. The maximum absolute atomic E-state index is 14.6. The Balaban J connectivity index is 1.60. The van der Waals surface area contributed by atoms with E-state index in [1.165, 1.54) is 23.6 Å². The summed E-state index contributed by atoms with van der Waals surface area (Å²) < 4.78 is 9.37. The molecule has 206 valence electrons. The number of imide groups is 1. The molecule has 2 saturated heterocycles. The zero-order chi connectivity index (χ0) is 27.7. The second-order valence-electron chi connectivity index (χ2n) is 10.2. The van der Waals surface area contributed by atoms with Crippen LogP contribution in [0.2, 0.25) is 0 Å². The Morgan fingerprint density at radius 2 is 1.38 bits per heavy atom. The van der Waals surface area contributed by atoms with Gasteiger partial charge < -0.3 is 19.3 Å². The van der Waals surface area contributed by atoms with Gasteiger partial charge in [0.15, 0.2) is 0 Å². The summed E-state index contributed by atoms with van der Waals surface area (Å²) in [4.78, 5) is 59.4. The Morgan fingerprint density at radius 1 is 0.846 bits per heavy atom. The van der Waals surface area contributed by atoms with Crippen molar-refractivity contribution in [3.63, 3.8) is 0 Å². The third-order valence-corrected chi connectivity index (χ3v) is 9.13. The van der Waals surface area contributed by atoms with Gasteiger partial charge in [-0.25, -0.2) is 0 Å². The van der Waals surface area contributed by atoms with Crippen molar-refractivity contribution < 1.29 is 28.7 Å². The van der Waals surface area contributed by atoms with Gasteiger partial charge in [-0.2, -0.15) is 0 Å². The van der Waals surface area contributed by atoms with E-state index in [1.807, 2.05) is 36.4 Å². The molecule has 10 heteroatoms. The third-order valence-electron chi connectivity index (χ3n) is 7.71. The predicted molar refractivity (Wildman–Crippen MR) is 145 cm³/mol. The number of likely N-dealkylation sites (tertiary alicyclic amines) is 1. The Hall–Kier alpha value is -3.53. The molecule has 39 heavy (non-hydrogen) atoms. The average Bonchev–Trinajstić information content (AvgIpc) is 3.77. The number of piperazine rings is 1.